The highest BCUT2D eigenvalue weighted by Crippen LogP contribution is 2.38. The van der Waals surface area contributed by atoms with Gasteiger partial charge in [-0.25, -0.2) is 0 Å². The van der Waals surface area contributed by atoms with E-state index in [0.717, 1.165) is 63.8 Å². The summed E-state index contributed by atoms with van der Waals surface area (Å²) in [6, 6.07) is 22.6. The first-order valence-corrected chi connectivity index (χ1v) is 14.1. The third-order valence-electron chi connectivity index (χ3n) is 7.54. The van der Waals surface area contributed by atoms with E-state index in [-0.39, 0.29) is 11.9 Å². The van der Waals surface area contributed by atoms with E-state index in [4.69, 9.17) is 22.8 Å². The summed E-state index contributed by atoms with van der Waals surface area (Å²) in [6.07, 6.45) is 9.48. The molecule has 4 aromatic rings. The zero-order valence-corrected chi connectivity index (χ0v) is 23.2. The van der Waals surface area contributed by atoms with Crippen molar-refractivity contribution in [1.29, 1.82) is 0 Å². The maximum atomic E-state index is 14.2. The molecule has 1 fully saturated rings. The molecule has 194 valence electrons. The van der Waals surface area contributed by atoms with Crippen LogP contribution in [0.25, 0.3) is 21.2 Å². The second-order valence-corrected chi connectivity index (χ2v) is 11.1. The van der Waals surface area contributed by atoms with Crippen molar-refractivity contribution in [3.05, 3.63) is 87.8 Å². The Hall–Kier alpha value is -3.30. The molecule has 1 saturated carbocycles. The van der Waals surface area contributed by atoms with Crippen LogP contribution in [0.3, 0.4) is 0 Å². The third-order valence-corrected chi connectivity index (χ3v) is 9.21. The number of ether oxygens (including phenoxy) is 1. The molecule has 0 aliphatic heterocycles. The minimum Gasteiger partial charge on any atom is -0.496 e. The number of hydrogen-bond acceptors (Lipinski definition) is 4. The van der Waals surface area contributed by atoms with E-state index in [1.807, 2.05) is 72.6 Å². The van der Waals surface area contributed by atoms with Crippen LogP contribution < -0.4 is 10.1 Å². The normalized spacial score (nSPS) is 17.2. The molecule has 1 N–H and O–H groups in total. The summed E-state index contributed by atoms with van der Waals surface area (Å²) in [5.74, 6) is 3.41. The lowest BCUT2D eigenvalue weighted by molar-refractivity contribution is 0.0604. The molecule has 38 heavy (non-hydrogen) atoms. The fraction of sp³-hybridized carbons (Fsp3) is 0.281. The molecule has 1 aromatic heterocycles. The topological polar surface area (TPSA) is 41.6 Å². The quantitative estimate of drug-likeness (QED) is 0.248. The number of nitrogens with one attached hydrogen (secondary N) is 1. The lowest BCUT2D eigenvalue weighted by Crippen LogP contribution is -2.44. The van der Waals surface area contributed by atoms with E-state index >= 15 is 0 Å². The Morgan fingerprint density at radius 3 is 2.45 bits per heavy atom. The lowest BCUT2D eigenvalue weighted by atomic mass is 9.89. The Morgan fingerprint density at radius 1 is 1.08 bits per heavy atom. The first kappa shape index (κ1) is 26.3. The number of carbonyl (C=O) groups excluding carboxylic acids is 1. The van der Waals surface area contributed by atoms with E-state index < -0.39 is 0 Å². The van der Waals surface area contributed by atoms with Gasteiger partial charge in [-0.2, -0.15) is 0 Å². The second-order valence-electron chi connectivity index (χ2n) is 9.72. The number of terminal acetylenes is 1. The molecule has 0 saturated heterocycles. The fourth-order valence-electron chi connectivity index (χ4n) is 5.35. The highest BCUT2D eigenvalue weighted by atomic mass is 35.5. The van der Waals surface area contributed by atoms with Gasteiger partial charge in [-0.05, 0) is 74.2 Å². The molecule has 6 heteroatoms. The molecular formula is C32H31ClN2O2S. The first-order valence-electron chi connectivity index (χ1n) is 12.9. The molecule has 4 nitrogen and oxygen atoms in total. The van der Waals surface area contributed by atoms with Crippen LogP contribution in [0.2, 0.25) is 5.02 Å². The maximum absolute atomic E-state index is 14.2. The number of halogens is 1. The number of nitrogens with zero attached hydrogens (tertiary/aromatic N) is 1. The Labute approximate surface area is 233 Å². The number of carbonyl (C=O) groups is 1. The van der Waals surface area contributed by atoms with E-state index in [1.165, 1.54) is 11.3 Å². The van der Waals surface area contributed by atoms with Crippen molar-refractivity contribution >= 4 is 38.9 Å². The first-order chi connectivity index (χ1) is 18.5. The number of rotatable bonds is 7. The van der Waals surface area contributed by atoms with Crippen molar-refractivity contribution in [2.75, 3.05) is 14.2 Å². The molecule has 0 unspecified atom stereocenters. The SMILES string of the molecule is C#Cc1ccc(-c2ccc(OC)c(CN(C(=O)c3sc4ccccc4c3Cl)[C@H]3CC[C@H](NC)CC3)c2)cc1. The minimum atomic E-state index is -0.0186. The van der Waals surface area contributed by atoms with Gasteiger partial charge in [-0.15, -0.1) is 17.8 Å². The van der Waals surface area contributed by atoms with Gasteiger partial charge < -0.3 is 15.0 Å². The molecule has 0 atom stereocenters. The fourth-order valence-corrected chi connectivity index (χ4v) is 6.82. The highest BCUT2D eigenvalue weighted by Gasteiger charge is 2.32. The van der Waals surface area contributed by atoms with Crippen molar-refractivity contribution in [1.82, 2.24) is 10.2 Å². The van der Waals surface area contributed by atoms with Crippen LogP contribution in [-0.2, 0) is 6.54 Å². The Morgan fingerprint density at radius 2 is 1.79 bits per heavy atom. The summed E-state index contributed by atoms with van der Waals surface area (Å²) in [4.78, 5) is 16.8. The highest BCUT2D eigenvalue weighted by molar-refractivity contribution is 7.21. The van der Waals surface area contributed by atoms with Crippen molar-refractivity contribution in [3.63, 3.8) is 0 Å². The molecule has 1 heterocycles. The van der Waals surface area contributed by atoms with Crippen LogP contribution in [-0.4, -0.2) is 37.0 Å². The summed E-state index contributed by atoms with van der Waals surface area (Å²) < 4.78 is 6.78. The molecule has 1 aliphatic carbocycles. The summed E-state index contributed by atoms with van der Waals surface area (Å²) in [5.41, 5.74) is 3.92. The van der Waals surface area contributed by atoms with Gasteiger partial charge in [0.1, 0.15) is 10.6 Å². The van der Waals surface area contributed by atoms with Crippen LogP contribution in [0.1, 0.15) is 46.5 Å². The monoisotopic (exact) mass is 542 g/mol. The van der Waals surface area contributed by atoms with E-state index in [1.54, 1.807) is 7.11 Å². The van der Waals surface area contributed by atoms with Crippen molar-refractivity contribution < 1.29 is 9.53 Å². The number of amides is 1. The summed E-state index contributed by atoms with van der Waals surface area (Å²) in [7, 11) is 3.69. The van der Waals surface area contributed by atoms with Gasteiger partial charge in [0.05, 0.1) is 12.1 Å². The van der Waals surface area contributed by atoms with Crippen LogP contribution in [0.15, 0.2) is 66.7 Å². The molecule has 0 radical (unpaired) electrons. The molecule has 1 amide bonds. The van der Waals surface area contributed by atoms with Crippen LogP contribution in [0.5, 0.6) is 5.75 Å². The number of fused-ring (bicyclic) bond motifs is 1. The second kappa shape index (κ2) is 11.6. The molecular weight excluding hydrogens is 512 g/mol. The lowest BCUT2D eigenvalue weighted by Gasteiger charge is -2.37. The summed E-state index contributed by atoms with van der Waals surface area (Å²) in [6.45, 7) is 0.442. The van der Waals surface area contributed by atoms with E-state index in [9.17, 15) is 4.79 Å². The van der Waals surface area contributed by atoms with Gasteiger partial charge in [0, 0.05) is 39.8 Å². The van der Waals surface area contributed by atoms with Gasteiger partial charge in [0.2, 0.25) is 0 Å². The standard InChI is InChI=1S/C32H31ClN2O2S/c1-4-21-9-11-22(12-10-21)23-13-18-28(37-3)24(19-23)20-35(26-16-14-25(34-2)15-17-26)32(36)31-30(33)27-7-5-6-8-29(27)38-31/h1,5-13,18-19,25-26,34H,14-17,20H2,2-3H3/t25-,26-. The smallest absolute Gasteiger partial charge is 0.266 e. The van der Waals surface area contributed by atoms with Gasteiger partial charge in [-0.1, -0.05) is 53.9 Å². The molecule has 3 aromatic carbocycles. The maximum Gasteiger partial charge on any atom is 0.266 e. The Balaban J connectivity index is 1.52. The summed E-state index contributed by atoms with van der Waals surface area (Å²) >= 11 is 8.26. The van der Waals surface area contributed by atoms with Crippen LogP contribution >= 0.6 is 22.9 Å². The zero-order chi connectivity index (χ0) is 26.6. The third kappa shape index (κ3) is 5.31. The van der Waals surface area contributed by atoms with E-state index in [2.05, 4.69) is 17.3 Å². The Bertz CT molecular complexity index is 1480. The van der Waals surface area contributed by atoms with Gasteiger partial charge in [0.25, 0.3) is 5.91 Å². The largest absolute Gasteiger partial charge is 0.496 e. The van der Waals surface area contributed by atoms with Crippen molar-refractivity contribution in [2.45, 2.75) is 44.3 Å². The average molecular weight is 543 g/mol. The van der Waals surface area contributed by atoms with Gasteiger partial charge in [0.15, 0.2) is 0 Å². The minimum absolute atomic E-state index is 0.0186. The van der Waals surface area contributed by atoms with Crippen molar-refractivity contribution in [3.8, 4) is 29.2 Å². The Kier molecular flexibility index (Phi) is 8.04. The molecule has 5 rings (SSSR count). The average Bonchev–Trinajstić information content (AvgIpc) is 3.32. The molecule has 0 spiro atoms. The predicted octanol–water partition coefficient (Wildman–Crippen LogP) is 7.38. The van der Waals surface area contributed by atoms with E-state index in [0.29, 0.717) is 22.5 Å². The summed E-state index contributed by atoms with van der Waals surface area (Å²) in [5, 5.41) is 4.87. The molecule has 0 bridgehead atoms. The number of hydrogen-bond donors (Lipinski definition) is 1. The van der Waals surface area contributed by atoms with Crippen LogP contribution in [0.4, 0.5) is 0 Å². The molecule has 1 aliphatic rings. The number of methoxy groups -OCH3 is 1. The number of thiophene rings is 1. The predicted molar refractivity (Wildman–Crippen MR) is 158 cm³/mol. The van der Waals surface area contributed by atoms with Crippen molar-refractivity contribution in [2.24, 2.45) is 0 Å². The number of benzene rings is 3. The van der Waals surface area contributed by atoms with Gasteiger partial charge in [-0.3, -0.25) is 4.79 Å². The van der Waals surface area contributed by atoms with Crippen LogP contribution in [0, 0.1) is 12.3 Å². The van der Waals surface area contributed by atoms with Gasteiger partial charge >= 0.3 is 0 Å². The zero-order valence-electron chi connectivity index (χ0n) is 21.7.